The van der Waals surface area contributed by atoms with E-state index >= 15 is 0 Å². The van der Waals surface area contributed by atoms with Crippen LogP contribution in [0.4, 0.5) is 0 Å². The zero-order valence-corrected chi connectivity index (χ0v) is 13.3. The van der Waals surface area contributed by atoms with Crippen LogP contribution in [-0.2, 0) is 23.2 Å². The average molecular weight is 323 g/mol. The molecule has 0 saturated heterocycles. The molecule has 124 valence electrons. The van der Waals surface area contributed by atoms with Gasteiger partial charge in [0.05, 0.1) is 6.61 Å². The van der Waals surface area contributed by atoms with Crippen LogP contribution < -0.4 is 4.89 Å². The van der Waals surface area contributed by atoms with Gasteiger partial charge in [-0.1, -0.05) is 19.3 Å². The van der Waals surface area contributed by atoms with E-state index in [1.54, 1.807) is 0 Å². The number of rotatable bonds is 14. The summed E-state index contributed by atoms with van der Waals surface area (Å²) in [6, 6.07) is 0. The van der Waals surface area contributed by atoms with Gasteiger partial charge >= 0.3 is 5.97 Å². The van der Waals surface area contributed by atoms with Crippen LogP contribution in [0.1, 0.15) is 57.8 Å². The van der Waals surface area contributed by atoms with Gasteiger partial charge in [-0.2, -0.15) is 0 Å². The molecule has 1 atom stereocenters. The highest BCUT2D eigenvalue weighted by Crippen LogP contribution is 2.36. The van der Waals surface area contributed by atoms with E-state index in [1.165, 1.54) is 0 Å². The van der Waals surface area contributed by atoms with Crippen molar-refractivity contribution in [3.05, 3.63) is 0 Å². The number of hydrogen-bond donors (Lipinski definition) is 1. The number of carboxylic acid groups (broad SMARTS) is 1. The second-order valence-corrected chi connectivity index (χ2v) is 6.28. The lowest BCUT2D eigenvalue weighted by atomic mass is 10.1. The Labute approximate surface area is 125 Å². The third-order valence-corrected chi connectivity index (χ3v) is 3.87. The Bertz CT molecular complexity index is 356. The van der Waals surface area contributed by atoms with Crippen LogP contribution in [-0.4, -0.2) is 30.6 Å². The molecule has 0 fully saturated rings. The molecule has 0 aromatic carbocycles. The number of Topliss-reactive ketones (excluding diaryl/α,β-unsaturated/α-hetero) is 1. The van der Waals surface area contributed by atoms with Gasteiger partial charge in [-0.15, -0.1) is 0 Å². The molecule has 21 heavy (non-hydrogen) atoms. The summed E-state index contributed by atoms with van der Waals surface area (Å²) in [7, 11) is -3.05. The highest BCUT2D eigenvalue weighted by molar-refractivity contribution is 7.45. The number of phosphoric ester groups is 1. The summed E-state index contributed by atoms with van der Waals surface area (Å²) in [5.74, 6) is -0.770. The number of carboxylic acids is 1. The molecule has 1 unspecified atom stereocenters. The number of ketones is 1. The first-order chi connectivity index (χ1) is 9.87. The van der Waals surface area contributed by atoms with Crippen molar-refractivity contribution in [1.29, 1.82) is 0 Å². The van der Waals surface area contributed by atoms with E-state index in [2.05, 4.69) is 9.05 Å². The van der Waals surface area contributed by atoms with Gasteiger partial charge in [0.1, 0.15) is 5.78 Å². The molecule has 0 saturated carbocycles. The smallest absolute Gasteiger partial charge is 0.303 e. The molecule has 0 aliphatic carbocycles. The molecule has 8 heteroatoms. The van der Waals surface area contributed by atoms with Crippen LogP contribution in [0, 0.1) is 0 Å². The Kier molecular flexibility index (Phi) is 11.4. The van der Waals surface area contributed by atoms with Crippen molar-refractivity contribution < 1.29 is 33.2 Å². The predicted octanol–water partition coefficient (Wildman–Crippen LogP) is 2.28. The monoisotopic (exact) mass is 323 g/mol. The van der Waals surface area contributed by atoms with E-state index < -0.39 is 13.8 Å². The van der Waals surface area contributed by atoms with Crippen LogP contribution in [0.5, 0.6) is 0 Å². The Hall–Kier alpha value is -0.750. The molecule has 1 N–H and O–H groups in total. The largest absolute Gasteiger partial charge is 0.756 e. The first kappa shape index (κ1) is 20.2. The molecule has 0 radical (unpaired) electrons. The van der Waals surface area contributed by atoms with Crippen molar-refractivity contribution in [2.45, 2.75) is 57.8 Å². The summed E-state index contributed by atoms with van der Waals surface area (Å²) in [5.41, 5.74) is 0. The molecule has 0 bridgehead atoms. The standard InChI is InChI=1S/C13H25O7P/c1-19-21(17,18)20-11-6-4-2-3-5-8-12(14)9-7-10-13(15)16/h2-11H2,1H3,(H,15,16)(H,17,18)/p-1. The fourth-order valence-corrected chi connectivity index (χ4v) is 2.20. The van der Waals surface area contributed by atoms with Crippen molar-refractivity contribution in [2.24, 2.45) is 0 Å². The van der Waals surface area contributed by atoms with E-state index in [0.717, 1.165) is 32.8 Å². The first-order valence-electron chi connectivity index (χ1n) is 7.12. The van der Waals surface area contributed by atoms with Gasteiger partial charge in [0.15, 0.2) is 0 Å². The van der Waals surface area contributed by atoms with Crippen LogP contribution >= 0.6 is 7.82 Å². The minimum Gasteiger partial charge on any atom is -0.756 e. The zero-order valence-electron chi connectivity index (χ0n) is 12.4. The highest BCUT2D eigenvalue weighted by Gasteiger charge is 2.06. The fraction of sp³-hybridized carbons (Fsp3) is 0.846. The molecule has 0 aliphatic heterocycles. The molecule has 0 amide bonds. The van der Waals surface area contributed by atoms with Gasteiger partial charge in [-0.05, 0) is 19.3 Å². The van der Waals surface area contributed by atoms with E-state index in [-0.39, 0.29) is 18.8 Å². The van der Waals surface area contributed by atoms with Crippen LogP contribution in [0.15, 0.2) is 0 Å². The Morgan fingerprint density at radius 2 is 1.57 bits per heavy atom. The van der Waals surface area contributed by atoms with Crippen molar-refractivity contribution in [3.8, 4) is 0 Å². The molecule has 0 aromatic rings. The summed E-state index contributed by atoms with van der Waals surface area (Å²) in [6.07, 6.45) is 5.29. The molecular weight excluding hydrogens is 299 g/mol. The molecule has 0 spiro atoms. The van der Waals surface area contributed by atoms with Crippen LogP contribution in [0.25, 0.3) is 0 Å². The van der Waals surface area contributed by atoms with E-state index in [0.29, 0.717) is 25.7 Å². The number of unbranched alkanes of at least 4 members (excludes halogenated alkanes) is 4. The van der Waals surface area contributed by atoms with Gasteiger partial charge in [0.25, 0.3) is 7.82 Å². The van der Waals surface area contributed by atoms with Gasteiger partial charge in [0.2, 0.25) is 0 Å². The second kappa shape index (κ2) is 11.9. The number of phosphoric acid groups is 1. The lowest BCUT2D eigenvalue weighted by molar-refractivity contribution is -0.223. The summed E-state index contributed by atoms with van der Waals surface area (Å²) < 4.78 is 19.6. The summed E-state index contributed by atoms with van der Waals surface area (Å²) in [4.78, 5) is 32.5. The number of hydrogen-bond acceptors (Lipinski definition) is 6. The molecule has 7 nitrogen and oxygen atoms in total. The normalized spacial score (nSPS) is 13.8. The molecular formula is C13H24O7P-. The number of carbonyl (C=O) groups excluding carboxylic acids is 1. The minimum absolute atomic E-state index is 0.0385. The van der Waals surface area contributed by atoms with Crippen LogP contribution in [0.2, 0.25) is 0 Å². The summed E-state index contributed by atoms with van der Waals surface area (Å²) >= 11 is 0. The third kappa shape index (κ3) is 14.0. The number of carbonyl (C=O) groups is 2. The topological polar surface area (TPSA) is 113 Å². The Morgan fingerprint density at radius 1 is 1.00 bits per heavy atom. The second-order valence-electron chi connectivity index (χ2n) is 4.77. The van der Waals surface area contributed by atoms with Crippen molar-refractivity contribution in [2.75, 3.05) is 13.7 Å². The van der Waals surface area contributed by atoms with Crippen LogP contribution in [0.3, 0.4) is 0 Å². The lowest BCUT2D eigenvalue weighted by Crippen LogP contribution is -2.07. The average Bonchev–Trinajstić information content (AvgIpc) is 2.41. The fourth-order valence-electron chi connectivity index (χ4n) is 1.75. The predicted molar refractivity (Wildman–Crippen MR) is 74.8 cm³/mol. The maximum Gasteiger partial charge on any atom is 0.303 e. The highest BCUT2D eigenvalue weighted by atomic mass is 31.2. The summed E-state index contributed by atoms with van der Waals surface area (Å²) in [6.45, 7) is 0.114. The first-order valence-corrected chi connectivity index (χ1v) is 8.58. The zero-order chi connectivity index (χ0) is 16.1. The molecule has 0 aliphatic rings. The van der Waals surface area contributed by atoms with E-state index in [4.69, 9.17) is 5.11 Å². The summed E-state index contributed by atoms with van der Waals surface area (Å²) in [5, 5.41) is 8.44. The van der Waals surface area contributed by atoms with Gasteiger partial charge in [-0.25, -0.2) is 0 Å². The number of aliphatic carboxylic acids is 1. The van der Waals surface area contributed by atoms with Gasteiger partial charge in [0, 0.05) is 26.4 Å². The molecule has 0 rings (SSSR count). The third-order valence-electron chi connectivity index (χ3n) is 2.92. The van der Waals surface area contributed by atoms with Crippen molar-refractivity contribution in [1.82, 2.24) is 0 Å². The lowest BCUT2D eigenvalue weighted by Gasteiger charge is -2.19. The SMILES string of the molecule is COP(=O)([O-])OCCCCCCCC(=O)CCCC(=O)O. The van der Waals surface area contributed by atoms with Crippen molar-refractivity contribution in [3.63, 3.8) is 0 Å². The van der Waals surface area contributed by atoms with E-state index in [9.17, 15) is 19.0 Å². The van der Waals surface area contributed by atoms with Gasteiger partial charge in [-0.3, -0.25) is 14.2 Å². The molecule has 0 aromatic heterocycles. The van der Waals surface area contributed by atoms with Crippen molar-refractivity contribution >= 4 is 19.6 Å². The Balaban J connectivity index is 3.34. The quantitative estimate of drug-likeness (QED) is 0.385. The maximum atomic E-state index is 11.4. The van der Waals surface area contributed by atoms with E-state index in [1.807, 2.05) is 0 Å². The minimum atomic E-state index is -4.10. The Morgan fingerprint density at radius 3 is 2.19 bits per heavy atom. The maximum absolute atomic E-state index is 11.4. The molecule has 0 heterocycles. The van der Waals surface area contributed by atoms with Gasteiger partial charge < -0.3 is 19.0 Å².